The summed E-state index contributed by atoms with van der Waals surface area (Å²) in [6.45, 7) is 3.84. The summed E-state index contributed by atoms with van der Waals surface area (Å²) in [5, 5.41) is 2.77. The van der Waals surface area contributed by atoms with E-state index >= 15 is 0 Å². The van der Waals surface area contributed by atoms with Crippen molar-refractivity contribution in [1.29, 1.82) is 0 Å². The van der Waals surface area contributed by atoms with Crippen LogP contribution < -0.4 is 14.8 Å². The number of anilines is 1. The molecule has 132 valence electrons. The summed E-state index contributed by atoms with van der Waals surface area (Å²) in [5.41, 5.74) is 3.20. The zero-order valence-corrected chi connectivity index (χ0v) is 15.0. The van der Waals surface area contributed by atoms with Gasteiger partial charge in [0.15, 0.2) is 5.78 Å². The lowest BCUT2D eigenvalue weighted by Gasteiger charge is -2.10. The summed E-state index contributed by atoms with van der Waals surface area (Å²) in [6, 6.07) is 10.9. The maximum Gasteiger partial charge on any atom is 0.224 e. The molecule has 2 aromatic carbocycles. The number of Topliss-reactive ketones (excluding diaryl/α,β-unsaturated/α-hetero) is 1. The van der Waals surface area contributed by atoms with Crippen LogP contribution in [0.3, 0.4) is 0 Å². The molecule has 0 spiro atoms. The summed E-state index contributed by atoms with van der Waals surface area (Å²) in [6.07, 6.45) is 0.281. The predicted octanol–water partition coefficient (Wildman–Crippen LogP) is 3.92. The molecular weight excluding hydrogens is 318 g/mol. The summed E-state index contributed by atoms with van der Waals surface area (Å²) in [5.74, 6) is 0.913. The largest absolute Gasteiger partial charge is 0.497 e. The van der Waals surface area contributed by atoms with Crippen LogP contribution in [0, 0.1) is 13.8 Å². The predicted molar refractivity (Wildman–Crippen MR) is 97.7 cm³/mol. The van der Waals surface area contributed by atoms with Crippen molar-refractivity contribution in [3.05, 3.63) is 53.1 Å². The van der Waals surface area contributed by atoms with Crippen molar-refractivity contribution in [3.63, 3.8) is 0 Å². The van der Waals surface area contributed by atoms with E-state index in [4.69, 9.17) is 9.47 Å². The van der Waals surface area contributed by atoms with Crippen molar-refractivity contribution in [2.45, 2.75) is 26.7 Å². The molecule has 25 heavy (non-hydrogen) atoms. The molecule has 0 aliphatic carbocycles. The van der Waals surface area contributed by atoms with Crippen LogP contribution in [0.4, 0.5) is 5.69 Å². The van der Waals surface area contributed by atoms with E-state index in [9.17, 15) is 9.59 Å². The first kappa shape index (κ1) is 18.5. The van der Waals surface area contributed by atoms with Crippen molar-refractivity contribution in [2.24, 2.45) is 0 Å². The van der Waals surface area contributed by atoms with E-state index in [0.717, 1.165) is 11.1 Å². The van der Waals surface area contributed by atoms with Crippen molar-refractivity contribution >= 4 is 17.4 Å². The normalized spacial score (nSPS) is 10.2. The number of benzene rings is 2. The zero-order chi connectivity index (χ0) is 18.4. The third-order valence-electron chi connectivity index (χ3n) is 3.91. The van der Waals surface area contributed by atoms with E-state index in [1.807, 2.05) is 32.0 Å². The number of ether oxygens (including phenoxy) is 2. The Hall–Kier alpha value is -2.82. The number of carbonyl (C=O) groups excluding carboxylic acids is 2. The van der Waals surface area contributed by atoms with Gasteiger partial charge in [-0.3, -0.25) is 9.59 Å². The fourth-order valence-electron chi connectivity index (χ4n) is 2.50. The van der Waals surface area contributed by atoms with Crippen molar-refractivity contribution in [1.82, 2.24) is 0 Å². The van der Waals surface area contributed by atoms with Crippen LogP contribution in [-0.4, -0.2) is 25.9 Å². The second-order valence-corrected chi connectivity index (χ2v) is 5.89. The number of rotatable bonds is 7. The third kappa shape index (κ3) is 5.08. The Labute approximate surface area is 148 Å². The molecular formula is C20H23NO4. The molecule has 0 fully saturated rings. The average molecular weight is 341 g/mol. The van der Waals surface area contributed by atoms with Crippen LogP contribution in [0.15, 0.2) is 36.4 Å². The Morgan fingerprint density at radius 1 is 0.920 bits per heavy atom. The van der Waals surface area contributed by atoms with Crippen molar-refractivity contribution < 1.29 is 19.1 Å². The highest BCUT2D eigenvalue weighted by Crippen LogP contribution is 2.26. The van der Waals surface area contributed by atoms with Crippen molar-refractivity contribution in [2.75, 3.05) is 19.5 Å². The second-order valence-electron chi connectivity index (χ2n) is 5.89. The van der Waals surface area contributed by atoms with Gasteiger partial charge >= 0.3 is 0 Å². The molecule has 0 aromatic heterocycles. The lowest BCUT2D eigenvalue weighted by atomic mass is 9.99. The van der Waals surface area contributed by atoms with Gasteiger partial charge in [-0.15, -0.1) is 0 Å². The summed E-state index contributed by atoms with van der Waals surface area (Å²) in [4.78, 5) is 24.5. The van der Waals surface area contributed by atoms with Crippen LogP contribution in [0.2, 0.25) is 0 Å². The molecule has 0 saturated heterocycles. The van der Waals surface area contributed by atoms with Gasteiger partial charge in [0.25, 0.3) is 0 Å². The van der Waals surface area contributed by atoms with Gasteiger partial charge < -0.3 is 14.8 Å². The van der Waals surface area contributed by atoms with Crippen LogP contribution in [0.5, 0.6) is 11.5 Å². The Morgan fingerprint density at radius 3 is 2.16 bits per heavy atom. The number of hydrogen-bond donors (Lipinski definition) is 1. The molecule has 0 heterocycles. The molecule has 2 aromatic rings. The van der Waals surface area contributed by atoms with Crippen LogP contribution >= 0.6 is 0 Å². The summed E-state index contributed by atoms with van der Waals surface area (Å²) < 4.78 is 10.3. The van der Waals surface area contributed by atoms with Gasteiger partial charge in [0.2, 0.25) is 5.91 Å². The van der Waals surface area contributed by atoms with E-state index in [0.29, 0.717) is 22.7 Å². The molecule has 0 radical (unpaired) electrons. The minimum absolute atomic E-state index is 0.0282. The Balaban J connectivity index is 1.99. The molecule has 5 heteroatoms. The number of amides is 1. The minimum Gasteiger partial charge on any atom is -0.497 e. The minimum atomic E-state index is -0.228. The number of ketones is 1. The smallest absolute Gasteiger partial charge is 0.224 e. The third-order valence-corrected chi connectivity index (χ3v) is 3.91. The molecule has 2 rings (SSSR count). The monoisotopic (exact) mass is 341 g/mol. The van der Waals surface area contributed by atoms with Gasteiger partial charge in [-0.05, 0) is 25.5 Å². The Kier molecular flexibility index (Phi) is 6.17. The average Bonchev–Trinajstić information content (AvgIpc) is 2.61. The van der Waals surface area contributed by atoms with Crippen LogP contribution in [0.1, 0.15) is 34.3 Å². The first-order valence-electron chi connectivity index (χ1n) is 8.06. The van der Waals surface area contributed by atoms with Gasteiger partial charge in [0.05, 0.1) is 14.2 Å². The molecule has 0 saturated carbocycles. The quantitative estimate of drug-likeness (QED) is 0.775. The number of hydrogen-bond acceptors (Lipinski definition) is 4. The molecule has 0 aliphatic heterocycles. The fraction of sp³-hybridized carbons (Fsp3) is 0.300. The first-order chi connectivity index (χ1) is 11.9. The van der Waals surface area contributed by atoms with Crippen molar-refractivity contribution in [3.8, 4) is 11.5 Å². The lowest BCUT2D eigenvalue weighted by molar-refractivity contribution is -0.116. The maximum absolute atomic E-state index is 12.4. The molecule has 1 N–H and O–H groups in total. The molecule has 0 unspecified atom stereocenters. The highest BCUT2D eigenvalue weighted by Gasteiger charge is 2.13. The van der Waals surface area contributed by atoms with E-state index < -0.39 is 0 Å². The van der Waals surface area contributed by atoms with E-state index in [1.54, 1.807) is 32.4 Å². The number of nitrogens with one attached hydrogen (secondary N) is 1. The molecule has 0 bridgehead atoms. The highest BCUT2D eigenvalue weighted by molar-refractivity contribution is 6.01. The highest BCUT2D eigenvalue weighted by atomic mass is 16.5. The Bertz CT molecular complexity index is 761. The van der Waals surface area contributed by atoms with E-state index in [-0.39, 0.29) is 24.5 Å². The number of aryl methyl sites for hydroxylation is 2. The summed E-state index contributed by atoms with van der Waals surface area (Å²) in [7, 11) is 3.09. The fourth-order valence-corrected chi connectivity index (χ4v) is 2.50. The first-order valence-corrected chi connectivity index (χ1v) is 8.06. The molecule has 5 nitrogen and oxygen atoms in total. The Morgan fingerprint density at radius 2 is 1.56 bits per heavy atom. The SMILES string of the molecule is COc1cc(NC(=O)CCC(=O)c2cc(C)ccc2C)cc(OC)c1. The molecule has 0 aliphatic rings. The second kappa shape index (κ2) is 8.33. The molecule has 1 amide bonds. The maximum atomic E-state index is 12.4. The van der Waals surface area contributed by atoms with Gasteiger partial charge in [0, 0.05) is 42.3 Å². The van der Waals surface area contributed by atoms with Crippen LogP contribution in [0.25, 0.3) is 0 Å². The topological polar surface area (TPSA) is 64.6 Å². The standard InChI is InChI=1S/C20H23NO4/c1-13-5-6-14(2)18(9-13)19(22)7-8-20(23)21-15-10-16(24-3)12-17(11-15)25-4/h5-6,9-12H,7-8H2,1-4H3,(H,21,23). The van der Waals surface area contributed by atoms with Gasteiger partial charge in [-0.25, -0.2) is 0 Å². The van der Waals surface area contributed by atoms with Gasteiger partial charge in [0.1, 0.15) is 11.5 Å². The van der Waals surface area contributed by atoms with E-state index in [2.05, 4.69) is 5.32 Å². The van der Waals surface area contributed by atoms with E-state index in [1.165, 1.54) is 0 Å². The zero-order valence-electron chi connectivity index (χ0n) is 15.0. The molecule has 0 atom stereocenters. The summed E-state index contributed by atoms with van der Waals surface area (Å²) >= 11 is 0. The number of carbonyl (C=O) groups is 2. The van der Waals surface area contributed by atoms with Gasteiger partial charge in [-0.1, -0.05) is 17.7 Å². The van der Waals surface area contributed by atoms with Crippen LogP contribution in [-0.2, 0) is 4.79 Å². The van der Waals surface area contributed by atoms with Gasteiger partial charge in [-0.2, -0.15) is 0 Å². The number of methoxy groups -OCH3 is 2. The lowest BCUT2D eigenvalue weighted by Crippen LogP contribution is -2.14.